The van der Waals surface area contributed by atoms with E-state index in [0.29, 0.717) is 11.3 Å². The van der Waals surface area contributed by atoms with Crippen molar-refractivity contribution in [1.29, 1.82) is 0 Å². The predicted molar refractivity (Wildman–Crippen MR) is 98.5 cm³/mol. The van der Waals surface area contributed by atoms with Crippen LogP contribution in [0.2, 0.25) is 0 Å². The molecule has 0 unspecified atom stereocenters. The van der Waals surface area contributed by atoms with Crippen LogP contribution in [0.15, 0.2) is 48.2 Å². The molecule has 0 aromatic heterocycles. The lowest BCUT2D eigenvalue weighted by Gasteiger charge is -2.20. The smallest absolute Gasteiger partial charge is 0.282 e. The number of rotatable bonds is 6. The lowest BCUT2D eigenvalue weighted by molar-refractivity contribution is -0.120. The van der Waals surface area contributed by atoms with Crippen molar-refractivity contribution in [2.75, 3.05) is 32.2 Å². The number of anilines is 1. The summed E-state index contributed by atoms with van der Waals surface area (Å²) >= 11 is 0. The first-order valence-corrected chi connectivity index (χ1v) is 8.43. The van der Waals surface area contributed by atoms with Crippen LogP contribution in [0.3, 0.4) is 0 Å². The highest BCUT2D eigenvalue weighted by atomic mass is 19.2. The van der Waals surface area contributed by atoms with Gasteiger partial charge in [0.25, 0.3) is 11.8 Å². The number of amides is 2. The maximum absolute atomic E-state index is 13.7. The van der Waals surface area contributed by atoms with E-state index in [0.717, 1.165) is 23.1 Å². The van der Waals surface area contributed by atoms with Gasteiger partial charge in [-0.15, -0.1) is 0 Å². The summed E-state index contributed by atoms with van der Waals surface area (Å²) in [6, 6.07) is 9.35. The summed E-state index contributed by atoms with van der Waals surface area (Å²) < 4.78 is 32.1. The van der Waals surface area contributed by atoms with Gasteiger partial charge in [-0.25, -0.2) is 13.7 Å². The van der Waals surface area contributed by atoms with Crippen molar-refractivity contribution in [2.45, 2.75) is 0 Å². The van der Waals surface area contributed by atoms with E-state index >= 15 is 0 Å². The molecule has 1 N–H and O–H groups in total. The fourth-order valence-corrected chi connectivity index (χ4v) is 3.01. The molecule has 8 heteroatoms. The highest BCUT2D eigenvalue weighted by molar-refractivity contribution is 6.45. The fraction of sp³-hybridized carbons (Fsp3) is 0.200. The van der Waals surface area contributed by atoms with E-state index in [1.807, 2.05) is 0 Å². The number of carbonyl (C=O) groups excluding carboxylic acids is 2. The van der Waals surface area contributed by atoms with Gasteiger partial charge in [0.05, 0.1) is 25.0 Å². The molecular formula is C20H18F2N2O4. The molecule has 0 spiro atoms. The molecule has 0 radical (unpaired) electrons. The second kappa shape index (κ2) is 7.77. The van der Waals surface area contributed by atoms with Gasteiger partial charge in [0, 0.05) is 19.7 Å². The van der Waals surface area contributed by atoms with Crippen molar-refractivity contribution >= 4 is 23.1 Å². The third-order valence-corrected chi connectivity index (χ3v) is 4.42. The number of nitrogens with zero attached hydrogens (tertiary/aromatic N) is 2. The molecule has 3 rings (SSSR count). The molecule has 0 fully saturated rings. The molecule has 1 aliphatic rings. The molecule has 2 amide bonds. The summed E-state index contributed by atoms with van der Waals surface area (Å²) in [6.45, 7) is -0.123. The van der Waals surface area contributed by atoms with Gasteiger partial charge in [-0.05, 0) is 29.8 Å². The predicted octanol–water partition coefficient (Wildman–Crippen LogP) is 2.18. The summed E-state index contributed by atoms with van der Waals surface area (Å²) in [5.74, 6) is -3.02. The molecule has 28 heavy (non-hydrogen) atoms. The van der Waals surface area contributed by atoms with Crippen molar-refractivity contribution in [1.82, 2.24) is 4.90 Å². The van der Waals surface area contributed by atoms with Crippen LogP contribution in [0.4, 0.5) is 14.5 Å². The third kappa shape index (κ3) is 3.34. The number of ether oxygens (including phenoxy) is 1. The summed E-state index contributed by atoms with van der Waals surface area (Å²) in [6.07, 6.45) is 0. The number of likely N-dealkylation sites (N-methyl/N-ethyl adjacent to an activating group) is 1. The topological polar surface area (TPSA) is 70.1 Å². The zero-order chi connectivity index (χ0) is 20.4. The Labute approximate surface area is 160 Å². The van der Waals surface area contributed by atoms with Crippen LogP contribution in [-0.4, -0.2) is 49.1 Å². The Hall–Kier alpha value is -3.26. The molecule has 2 aromatic carbocycles. The van der Waals surface area contributed by atoms with Gasteiger partial charge >= 0.3 is 0 Å². The number of hydrogen-bond acceptors (Lipinski definition) is 5. The summed E-state index contributed by atoms with van der Waals surface area (Å²) in [4.78, 5) is 28.4. The van der Waals surface area contributed by atoms with Gasteiger partial charge in [0.15, 0.2) is 11.6 Å². The average Bonchev–Trinajstić information content (AvgIpc) is 2.95. The molecule has 1 aliphatic heterocycles. The van der Waals surface area contributed by atoms with Crippen LogP contribution < -0.4 is 9.64 Å². The Morgan fingerprint density at radius 3 is 2.29 bits per heavy atom. The minimum Gasteiger partial charge on any atom is -0.497 e. The maximum atomic E-state index is 13.7. The second-order valence-electron chi connectivity index (χ2n) is 6.14. The summed E-state index contributed by atoms with van der Waals surface area (Å²) in [5, 5.41) is 9.24. The molecule has 146 valence electrons. The van der Waals surface area contributed by atoms with E-state index in [9.17, 15) is 23.5 Å². The second-order valence-corrected chi connectivity index (χ2v) is 6.14. The van der Waals surface area contributed by atoms with E-state index in [-0.39, 0.29) is 30.1 Å². The van der Waals surface area contributed by atoms with Gasteiger partial charge in [-0.3, -0.25) is 9.59 Å². The Morgan fingerprint density at radius 1 is 1.04 bits per heavy atom. The molecule has 1 heterocycles. The SMILES string of the molecule is COc1ccc(C2=C(N(C)CCO)C(=O)N(c3ccc(F)c(F)c3)C2=O)cc1. The standard InChI is InChI=1S/C20H18F2N2O4/c1-23(9-10-25)18-17(12-3-6-14(28-2)7-4-12)19(26)24(20(18)27)13-5-8-15(21)16(22)11-13/h3-8,11,25H,9-10H2,1-2H3. The Bertz CT molecular complexity index is 957. The molecule has 2 aromatic rings. The maximum Gasteiger partial charge on any atom is 0.282 e. The van der Waals surface area contributed by atoms with Crippen molar-refractivity contribution in [3.63, 3.8) is 0 Å². The number of benzene rings is 2. The number of aliphatic hydroxyl groups excluding tert-OH is 1. The van der Waals surface area contributed by atoms with Crippen LogP contribution in [-0.2, 0) is 9.59 Å². The first-order chi connectivity index (χ1) is 13.4. The molecular weight excluding hydrogens is 370 g/mol. The summed E-state index contributed by atoms with van der Waals surface area (Å²) in [7, 11) is 3.07. The van der Waals surface area contributed by atoms with Crippen LogP contribution in [0, 0.1) is 11.6 Å². The number of carbonyl (C=O) groups is 2. The van der Waals surface area contributed by atoms with Crippen LogP contribution in [0.25, 0.3) is 5.57 Å². The highest BCUT2D eigenvalue weighted by Gasteiger charge is 2.41. The minimum absolute atomic E-state index is 0.0638. The van der Waals surface area contributed by atoms with Gasteiger partial charge in [-0.2, -0.15) is 0 Å². The van der Waals surface area contributed by atoms with E-state index in [1.54, 1.807) is 31.3 Å². The van der Waals surface area contributed by atoms with E-state index in [4.69, 9.17) is 4.74 Å². The number of imide groups is 1. The van der Waals surface area contributed by atoms with Gasteiger partial charge in [0.2, 0.25) is 0 Å². The minimum atomic E-state index is -1.17. The molecule has 6 nitrogen and oxygen atoms in total. The first-order valence-electron chi connectivity index (χ1n) is 8.43. The molecule has 0 saturated heterocycles. The number of halogens is 2. The van der Waals surface area contributed by atoms with E-state index in [2.05, 4.69) is 0 Å². The van der Waals surface area contributed by atoms with Crippen molar-refractivity contribution in [3.05, 3.63) is 65.4 Å². The lowest BCUT2D eigenvalue weighted by Crippen LogP contribution is -2.35. The normalized spacial score (nSPS) is 14.1. The average molecular weight is 388 g/mol. The van der Waals surface area contributed by atoms with Gasteiger partial charge in [0.1, 0.15) is 11.4 Å². The third-order valence-electron chi connectivity index (χ3n) is 4.42. The molecule has 0 atom stereocenters. The fourth-order valence-electron chi connectivity index (χ4n) is 3.01. The summed E-state index contributed by atoms with van der Waals surface area (Å²) in [5.41, 5.74) is 0.554. The Kier molecular flexibility index (Phi) is 5.41. The molecule has 0 aliphatic carbocycles. The van der Waals surface area contributed by atoms with Crippen molar-refractivity contribution < 1.29 is 28.2 Å². The highest BCUT2D eigenvalue weighted by Crippen LogP contribution is 2.35. The Balaban J connectivity index is 2.11. The van der Waals surface area contributed by atoms with Crippen molar-refractivity contribution in [3.8, 4) is 5.75 Å². The number of methoxy groups -OCH3 is 1. The number of aliphatic hydroxyl groups is 1. The molecule has 0 bridgehead atoms. The zero-order valence-corrected chi connectivity index (χ0v) is 15.3. The van der Waals surface area contributed by atoms with Gasteiger partial charge < -0.3 is 14.7 Å². The van der Waals surface area contributed by atoms with Crippen LogP contribution >= 0.6 is 0 Å². The first kappa shape index (κ1) is 19.5. The van der Waals surface area contributed by atoms with E-state index in [1.165, 1.54) is 12.0 Å². The quantitative estimate of drug-likeness (QED) is 0.769. The lowest BCUT2D eigenvalue weighted by atomic mass is 10.0. The largest absolute Gasteiger partial charge is 0.497 e. The van der Waals surface area contributed by atoms with Gasteiger partial charge in [-0.1, -0.05) is 12.1 Å². The molecule has 0 saturated carbocycles. The van der Waals surface area contributed by atoms with E-state index < -0.39 is 23.4 Å². The zero-order valence-electron chi connectivity index (χ0n) is 15.3. The monoisotopic (exact) mass is 388 g/mol. The van der Waals surface area contributed by atoms with Crippen molar-refractivity contribution in [2.24, 2.45) is 0 Å². The van der Waals surface area contributed by atoms with Crippen LogP contribution in [0.1, 0.15) is 5.56 Å². The van der Waals surface area contributed by atoms with Crippen LogP contribution in [0.5, 0.6) is 5.75 Å². The number of hydrogen-bond donors (Lipinski definition) is 1. The Morgan fingerprint density at radius 2 is 1.71 bits per heavy atom.